The second-order valence-corrected chi connectivity index (χ2v) is 3.80. The maximum atomic E-state index is 9.59. The van der Waals surface area contributed by atoms with Crippen LogP contribution >= 0.6 is 12.2 Å². The standard InChI is InChI=1S/C10H11N3OS/c1-6-3-4-7(5-8(6)14)9-11-12-10(15)13(9)2/h3-5,14H,1-2H3,(H,12,15). The normalized spacial score (nSPS) is 10.5. The molecule has 0 aliphatic heterocycles. The molecule has 0 bridgehead atoms. The minimum atomic E-state index is 0.265. The Balaban J connectivity index is 2.59. The first-order chi connectivity index (χ1) is 7.09. The number of rotatable bonds is 1. The van der Waals surface area contributed by atoms with E-state index in [2.05, 4.69) is 10.2 Å². The highest BCUT2D eigenvalue weighted by Crippen LogP contribution is 2.24. The van der Waals surface area contributed by atoms with Crippen LogP contribution in [-0.4, -0.2) is 19.9 Å². The van der Waals surface area contributed by atoms with E-state index in [1.165, 1.54) is 0 Å². The molecule has 0 spiro atoms. The Kier molecular flexibility index (Phi) is 2.32. The summed E-state index contributed by atoms with van der Waals surface area (Å²) in [5.74, 6) is 0.983. The van der Waals surface area contributed by atoms with Crippen LogP contribution in [-0.2, 0) is 7.05 Å². The number of hydrogen-bond acceptors (Lipinski definition) is 3. The van der Waals surface area contributed by atoms with E-state index >= 15 is 0 Å². The van der Waals surface area contributed by atoms with Crippen molar-refractivity contribution in [1.82, 2.24) is 14.8 Å². The Labute approximate surface area is 92.2 Å². The molecule has 0 radical (unpaired) electrons. The smallest absolute Gasteiger partial charge is 0.195 e. The molecule has 2 N–H and O–H groups in total. The van der Waals surface area contributed by atoms with E-state index < -0.39 is 0 Å². The molecule has 1 heterocycles. The van der Waals surface area contributed by atoms with Crippen LogP contribution < -0.4 is 0 Å². The minimum absolute atomic E-state index is 0.265. The Morgan fingerprint density at radius 1 is 1.47 bits per heavy atom. The minimum Gasteiger partial charge on any atom is -0.508 e. The van der Waals surface area contributed by atoms with Crippen LogP contribution in [0.4, 0.5) is 0 Å². The zero-order valence-corrected chi connectivity index (χ0v) is 9.30. The summed E-state index contributed by atoms with van der Waals surface area (Å²) in [7, 11) is 1.83. The second kappa shape index (κ2) is 3.51. The average Bonchev–Trinajstić information content (AvgIpc) is 2.53. The Hall–Kier alpha value is -1.62. The largest absolute Gasteiger partial charge is 0.508 e. The van der Waals surface area contributed by atoms with Crippen molar-refractivity contribution in [1.29, 1.82) is 0 Å². The maximum absolute atomic E-state index is 9.59. The molecule has 2 rings (SSSR count). The fourth-order valence-electron chi connectivity index (χ4n) is 1.35. The fourth-order valence-corrected chi connectivity index (χ4v) is 1.49. The van der Waals surface area contributed by atoms with Crippen LogP contribution in [0.1, 0.15) is 5.56 Å². The van der Waals surface area contributed by atoms with Crippen molar-refractivity contribution in [2.45, 2.75) is 6.92 Å². The van der Waals surface area contributed by atoms with Crippen molar-refractivity contribution in [2.24, 2.45) is 7.05 Å². The van der Waals surface area contributed by atoms with Gasteiger partial charge in [0.25, 0.3) is 0 Å². The van der Waals surface area contributed by atoms with Gasteiger partial charge < -0.3 is 9.67 Å². The van der Waals surface area contributed by atoms with Crippen molar-refractivity contribution in [3.05, 3.63) is 28.5 Å². The Bertz CT molecular complexity index is 556. The molecular weight excluding hydrogens is 210 g/mol. The van der Waals surface area contributed by atoms with Gasteiger partial charge in [-0.3, -0.25) is 5.10 Å². The van der Waals surface area contributed by atoms with Crippen molar-refractivity contribution < 1.29 is 5.11 Å². The van der Waals surface area contributed by atoms with Gasteiger partial charge in [-0.1, -0.05) is 12.1 Å². The van der Waals surface area contributed by atoms with Gasteiger partial charge in [-0.15, -0.1) is 0 Å². The first-order valence-electron chi connectivity index (χ1n) is 4.51. The number of phenols is 1. The monoisotopic (exact) mass is 221 g/mol. The van der Waals surface area contributed by atoms with E-state index in [0.717, 1.165) is 17.0 Å². The lowest BCUT2D eigenvalue weighted by molar-refractivity contribution is 0.471. The molecule has 1 aromatic heterocycles. The van der Waals surface area contributed by atoms with Gasteiger partial charge in [-0.2, -0.15) is 5.10 Å². The second-order valence-electron chi connectivity index (χ2n) is 3.41. The third kappa shape index (κ3) is 1.66. The summed E-state index contributed by atoms with van der Waals surface area (Å²) in [6.45, 7) is 1.85. The molecule has 78 valence electrons. The van der Waals surface area contributed by atoms with Crippen molar-refractivity contribution >= 4 is 12.2 Å². The molecule has 2 aromatic rings. The number of aromatic hydroxyl groups is 1. The lowest BCUT2D eigenvalue weighted by Crippen LogP contribution is -1.92. The van der Waals surface area contributed by atoms with Crippen LogP contribution in [0.3, 0.4) is 0 Å². The highest BCUT2D eigenvalue weighted by Gasteiger charge is 2.06. The van der Waals surface area contributed by atoms with Gasteiger partial charge in [0.05, 0.1) is 0 Å². The van der Waals surface area contributed by atoms with Crippen LogP contribution in [0.5, 0.6) is 5.75 Å². The molecule has 0 aliphatic rings. The predicted molar refractivity (Wildman–Crippen MR) is 60.2 cm³/mol. The number of aromatic nitrogens is 3. The first kappa shape index (κ1) is 9.92. The molecule has 4 nitrogen and oxygen atoms in total. The zero-order chi connectivity index (χ0) is 11.0. The number of H-pyrrole nitrogens is 1. The predicted octanol–water partition coefficient (Wildman–Crippen LogP) is 2.16. The Morgan fingerprint density at radius 3 is 2.73 bits per heavy atom. The zero-order valence-electron chi connectivity index (χ0n) is 8.48. The van der Waals surface area contributed by atoms with Gasteiger partial charge in [0.1, 0.15) is 5.75 Å². The lowest BCUT2D eigenvalue weighted by atomic mass is 10.1. The van der Waals surface area contributed by atoms with Gasteiger partial charge in [-0.25, -0.2) is 0 Å². The number of phenolic OH excluding ortho intramolecular Hbond substituents is 1. The Morgan fingerprint density at radius 2 is 2.20 bits per heavy atom. The van der Waals surface area contributed by atoms with Gasteiger partial charge in [0.15, 0.2) is 10.6 Å². The number of nitrogens with zero attached hydrogens (tertiary/aromatic N) is 2. The molecule has 15 heavy (non-hydrogen) atoms. The fraction of sp³-hybridized carbons (Fsp3) is 0.200. The number of hydrogen-bond donors (Lipinski definition) is 2. The molecule has 0 saturated heterocycles. The van der Waals surface area contributed by atoms with Gasteiger partial charge in [0.2, 0.25) is 0 Å². The molecule has 0 aliphatic carbocycles. The van der Waals surface area contributed by atoms with E-state index in [9.17, 15) is 5.11 Å². The number of benzene rings is 1. The topological polar surface area (TPSA) is 53.8 Å². The summed E-state index contributed by atoms with van der Waals surface area (Å²) in [4.78, 5) is 0. The molecule has 0 fully saturated rings. The molecule has 5 heteroatoms. The van der Waals surface area contributed by atoms with E-state index in [0.29, 0.717) is 4.77 Å². The summed E-state index contributed by atoms with van der Waals surface area (Å²) >= 11 is 5.02. The highest BCUT2D eigenvalue weighted by molar-refractivity contribution is 7.71. The van der Waals surface area contributed by atoms with Crippen LogP contribution in [0.2, 0.25) is 0 Å². The molecule has 0 amide bonds. The van der Waals surface area contributed by atoms with Crippen LogP contribution in [0.15, 0.2) is 18.2 Å². The summed E-state index contributed by atoms with van der Waals surface area (Å²) in [5, 5.41) is 16.4. The van der Waals surface area contributed by atoms with E-state index in [4.69, 9.17) is 12.2 Å². The van der Waals surface area contributed by atoms with Crippen LogP contribution in [0, 0.1) is 11.7 Å². The summed E-state index contributed by atoms with van der Waals surface area (Å²) < 4.78 is 2.32. The molecule has 0 atom stereocenters. The van der Waals surface area contributed by atoms with E-state index in [1.54, 1.807) is 10.6 Å². The SMILES string of the molecule is Cc1ccc(-c2n[nH]c(=S)n2C)cc1O. The van der Waals surface area contributed by atoms with Gasteiger partial charge in [-0.05, 0) is 30.8 Å². The molecular formula is C10H11N3OS. The molecule has 1 aromatic carbocycles. The van der Waals surface area contributed by atoms with Gasteiger partial charge in [0, 0.05) is 12.6 Å². The third-order valence-electron chi connectivity index (χ3n) is 2.35. The summed E-state index contributed by atoms with van der Waals surface area (Å²) in [5.41, 5.74) is 1.68. The van der Waals surface area contributed by atoms with Crippen molar-refractivity contribution in [3.8, 4) is 17.1 Å². The molecule has 0 unspecified atom stereocenters. The van der Waals surface area contributed by atoms with Crippen molar-refractivity contribution in [3.63, 3.8) is 0 Å². The third-order valence-corrected chi connectivity index (χ3v) is 2.71. The lowest BCUT2D eigenvalue weighted by Gasteiger charge is -2.03. The number of aromatic amines is 1. The van der Waals surface area contributed by atoms with Crippen molar-refractivity contribution in [2.75, 3.05) is 0 Å². The summed E-state index contributed by atoms with van der Waals surface area (Å²) in [6.07, 6.45) is 0. The van der Waals surface area contributed by atoms with Gasteiger partial charge >= 0.3 is 0 Å². The maximum Gasteiger partial charge on any atom is 0.195 e. The van der Waals surface area contributed by atoms with Crippen LogP contribution in [0.25, 0.3) is 11.4 Å². The van der Waals surface area contributed by atoms with E-state index in [1.807, 2.05) is 26.1 Å². The van der Waals surface area contributed by atoms with E-state index in [-0.39, 0.29) is 5.75 Å². The first-order valence-corrected chi connectivity index (χ1v) is 4.92. The quantitative estimate of drug-likeness (QED) is 0.725. The average molecular weight is 221 g/mol. The highest BCUT2D eigenvalue weighted by atomic mass is 32.1. The number of aryl methyl sites for hydroxylation is 1. The summed E-state index contributed by atoms with van der Waals surface area (Å²) in [6, 6.07) is 5.43. The number of nitrogens with one attached hydrogen (secondary N) is 1. The molecule has 0 saturated carbocycles.